The van der Waals surface area contributed by atoms with Crippen LogP contribution in [0.2, 0.25) is 0 Å². The van der Waals surface area contributed by atoms with Crippen LogP contribution in [0.15, 0.2) is 18.2 Å². The Morgan fingerprint density at radius 2 is 2.12 bits per heavy atom. The molecule has 88 valence electrons. The molecule has 0 saturated heterocycles. The second-order valence-corrected chi connectivity index (χ2v) is 3.89. The molecule has 1 aliphatic rings. The molecule has 1 aliphatic heterocycles. The van der Waals surface area contributed by atoms with Gasteiger partial charge < -0.3 is 9.47 Å². The summed E-state index contributed by atoms with van der Waals surface area (Å²) in [6, 6.07) is 5.46. The van der Waals surface area contributed by atoms with Crippen molar-refractivity contribution in [3.8, 4) is 23.3 Å². The van der Waals surface area contributed by atoms with E-state index in [0.717, 1.165) is 18.4 Å². The van der Waals surface area contributed by atoms with Gasteiger partial charge >= 0.3 is 6.29 Å². The van der Waals surface area contributed by atoms with E-state index in [1.807, 2.05) is 6.07 Å². The molecule has 0 amide bonds. The van der Waals surface area contributed by atoms with Crippen molar-refractivity contribution in [2.45, 2.75) is 33.0 Å². The molecular formula is C14H14O3. The van der Waals surface area contributed by atoms with Gasteiger partial charge in [-0.05, 0) is 24.6 Å². The van der Waals surface area contributed by atoms with Gasteiger partial charge in [0.15, 0.2) is 11.5 Å². The molecule has 1 heterocycles. The zero-order chi connectivity index (χ0) is 12.3. The number of ether oxygens (including phenoxy) is 2. The fourth-order valence-corrected chi connectivity index (χ4v) is 1.49. The minimum absolute atomic E-state index is 0.139. The zero-order valence-electron chi connectivity index (χ0n) is 9.95. The molecule has 0 N–H and O–H groups in total. The maximum atomic E-state index is 11.1. The Morgan fingerprint density at radius 3 is 2.82 bits per heavy atom. The lowest BCUT2D eigenvalue weighted by atomic mass is 10.2. The zero-order valence-corrected chi connectivity index (χ0v) is 9.95. The first kappa shape index (κ1) is 11.5. The second kappa shape index (κ2) is 4.92. The molecule has 1 unspecified atom stereocenters. The summed E-state index contributed by atoms with van der Waals surface area (Å²) in [7, 11) is 0. The molecule has 2 rings (SSSR count). The number of fused-ring (bicyclic) bond motifs is 1. The lowest BCUT2D eigenvalue weighted by molar-refractivity contribution is -0.132. The van der Waals surface area contributed by atoms with Gasteiger partial charge in [0.2, 0.25) is 5.78 Å². The van der Waals surface area contributed by atoms with Gasteiger partial charge in [-0.2, -0.15) is 0 Å². The van der Waals surface area contributed by atoms with E-state index >= 15 is 0 Å². The summed E-state index contributed by atoms with van der Waals surface area (Å²) in [5.74, 6) is 7.17. The molecule has 0 saturated carbocycles. The van der Waals surface area contributed by atoms with Gasteiger partial charge in [0.25, 0.3) is 0 Å². The number of hydrogen-bond acceptors (Lipinski definition) is 3. The summed E-state index contributed by atoms with van der Waals surface area (Å²) < 4.78 is 10.7. The number of unbranched alkanes of at least 4 members (excludes halogenated alkanes) is 1. The number of benzene rings is 1. The van der Waals surface area contributed by atoms with Crippen LogP contribution in [0.5, 0.6) is 11.5 Å². The topological polar surface area (TPSA) is 35.5 Å². The van der Waals surface area contributed by atoms with E-state index in [1.165, 1.54) is 6.92 Å². The first-order valence-electron chi connectivity index (χ1n) is 5.67. The third-order valence-corrected chi connectivity index (χ3v) is 2.35. The number of rotatable bonds is 2. The minimum atomic E-state index is -0.802. The van der Waals surface area contributed by atoms with E-state index in [2.05, 4.69) is 18.8 Å². The molecule has 0 radical (unpaired) electrons. The second-order valence-electron chi connectivity index (χ2n) is 3.89. The highest BCUT2D eigenvalue weighted by atomic mass is 16.7. The Hall–Kier alpha value is -1.95. The van der Waals surface area contributed by atoms with Crippen molar-refractivity contribution in [3.05, 3.63) is 23.8 Å². The Bertz CT molecular complexity index is 494. The molecule has 0 bridgehead atoms. The molecule has 1 aromatic rings. The van der Waals surface area contributed by atoms with Gasteiger partial charge in [0.1, 0.15) is 0 Å². The smallest absolute Gasteiger partial charge is 0.300 e. The van der Waals surface area contributed by atoms with Crippen LogP contribution in [-0.2, 0) is 4.79 Å². The molecule has 1 atom stereocenters. The number of carbonyl (C=O) groups is 1. The lowest BCUT2D eigenvalue weighted by Crippen LogP contribution is -2.26. The Balaban J connectivity index is 2.16. The summed E-state index contributed by atoms with van der Waals surface area (Å²) in [6.07, 6.45) is 1.12. The standard InChI is InChI=1S/C14H14O3/c1-3-4-5-6-11-7-8-12-13(9-11)17-14(16-12)10(2)15/h7-9,14H,3-4H2,1-2H3. The maximum Gasteiger partial charge on any atom is 0.300 e. The van der Waals surface area contributed by atoms with Crippen molar-refractivity contribution in [2.24, 2.45) is 0 Å². The first-order valence-corrected chi connectivity index (χ1v) is 5.67. The summed E-state index contributed by atoms with van der Waals surface area (Å²) in [4.78, 5) is 11.1. The van der Waals surface area contributed by atoms with E-state index in [1.54, 1.807) is 12.1 Å². The quantitative estimate of drug-likeness (QED) is 0.732. The molecule has 1 aromatic carbocycles. The van der Waals surface area contributed by atoms with Crippen LogP contribution in [0.4, 0.5) is 0 Å². The maximum absolute atomic E-state index is 11.1. The fraction of sp³-hybridized carbons (Fsp3) is 0.357. The van der Waals surface area contributed by atoms with Gasteiger partial charge in [0, 0.05) is 18.9 Å². The molecule has 0 fully saturated rings. The highest BCUT2D eigenvalue weighted by Gasteiger charge is 2.27. The molecular weight excluding hydrogens is 216 g/mol. The monoisotopic (exact) mass is 230 g/mol. The van der Waals surface area contributed by atoms with Crippen molar-refractivity contribution in [1.29, 1.82) is 0 Å². The number of hydrogen-bond donors (Lipinski definition) is 0. The van der Waals surface area contributed by atoms with Crippen LogP contribution < -0.4 is 9.47 Å². The van der Waals surface area contributed by atoms with Gasteiger partial charge in [-0.25, -0.2) is 0 Å². The van der Waals surface area contributed by atoms with E-state index in [-0.39, 0.29) is 5.78 Å². The summed E-state index contributed by atoms with van der Waals surface area (Å²) in [6.45, 7) is 3.53. The minimum Gasteiger partial charge on any atom is -0.444 e. The normalized spacial score (nSPS) is 16.2. The Labute approximate surface area is 101 Å². The molecule has 0 aliphatic carbocycles. The van der Waals surface area contributed by atoms with E-state index < -0.39 is 6.29 Å². The third kappa shape index (κ3) is 2.59. The third-order valence-electron chi connectivity index (χ3n) is 2.35. The molecule has 3 nitrogen and oxygen atoms in total. The van der Waals surface area contributed by atoms with Crippen LogP contribution in [-0.4, -0.2) is 12.1 Å². The van der Waals surface area contributed by atoms with Crippen molar-refractivity contribution < 1.29 is 14.3 Å². The Morgan fingerprint density at radius 1 is 1.35 bits per heavy atom. The summed E-state index contributed by atoms with van der Waals surface area (Å²) in [5.41, 5.74) is 0.880. The van der Waals surface area contributed by atoms with Crippen molar-refractivity contribution in [3.63, 3.8) is 0 Å². The van der Waals surface area contributed by atoms with Crippen LogP contribution in [0.1, 0.15) is 32.3 Å². The molecule has 0 spiro atoms. The predicted octanol–water partition coefficient (Wildman–Crippen LogP) is 2.52. The number of carbonyl (C=O) groups excluding carboxylic acids is 1. The number of Topliss-reactive ketones (excluding diaryl/α,β-unsaturated/α-hetero) is 1. The average Bonchev–Trinajstić information content (AvgIpc) is 2.72. The molecule has 17 heavy (non-hydrogen) atoms. The molecule has 3 heteroatoms. The van der Waals surface area contributed by atoms with Crippen LogP contribution >= 0.6 is 0 Å². The van der Waals surface area contributed by atoms with Gasteiger partial charge in [-0.3, -0.25) is 4.79 Å². The highest BCUT2D eigenvalue weighted by Crippen LogP contribution is 2.35. The van der Waals surface area contributed by atoms with Gasteiger partial charge in [-0.1, -0.05) is 18.8 Å². The van der Waals surface area contributed by atoms with Gasteiger partial charge in [-0.15, -0.1) is 0 Å². The van der Waals surface area contributed by atoms with Crippen LogP contribution in [0, 0.1) is 11.8 Å². The Kier molecular flexibility index (Phi) is 3.34. The van der Waals surface area contributed by atoms with Crippen LogP contribution in [0.25, 0.3) is 0 Å². The average molecular weight is 230 g/mol. The predicted molar refractivity (Wildman–Crippen MR) is 64.0 cm³/mol. The van der Waals surface area contributed by atoms with E-state index in [0.29, 0.717) is 11.5 Å². The van der Waals surface area contributed by atoms with Crippen molar-refractivity contribution in [2.75, 3.05) is 0 Å². The molecule has 0 aromatic heterocycles. The lowest BCUT2D eigenvalue weighted by Gasteiger charge is -2.03. The highest BCUT2D eigenvalue weighted by molar-refractivity contribution is 5.80. The van der Waals surface area contributed by atoms with Crippen molar-refractivity contribution >= 4 is 5.78 Å². The number of ketones is 1. The van der Waals surface area contributed by atoms with Crippen molar-refractivity contribution in [1.82, 2.24) is 0 Å². The van der Waals surface area contributed by atoms with Crippen LogP contribution in [0.3, 0.4) is 0 Å². The van der Waals surface area contributed by atoms with E-state index in [9.17, 15) is 4.79 Å². The first-order chi connectivity index (χ1) is 8.20. The SMILES string of the molecule is CCCC#Cc1ccc2c(c1)OC(C(C)=O)O2. The summed E-state index contributed by atoms with van der Waals surface area (Å²) in [5, 5.41) is 0. The summed E-state index contributed by atoms with van der Waals surface area (Å²) >= 11 is 0. The van der Waals surface area contributed by atoms with E-state index in [4.69, 9.17) is 9.47 Å². The fourth-order valence-electron chi connectivity index (χ4n) is 1.49. The van der Waals surface area contributed by atoms with Gasteiger partial charge in [0.05, 0.1) is 0 Å². The largest absolute Gasteiger partial charge is 0.444 e.